The molecule has 4 heteroatoms. The molecule has 0 aliphatic carbocycles. The molecule has 0 amide bonds. The fourth-order valence-electron chi connectivity index (χ4n) is 3.61. The average molecular weight is 413 g/mol. The molecule has 3 nitrogen and oxygen atoms in total. The van der Waals surface area contributed by atoms with Gasteiger partial charge in [0.05, 0.1) is 11.1 Å². The lowest BCUT2D eigenvalue weighted by molar-refractivity contribution is -0.0277. The summed E-state index contributed by atoms with van der Waals surface area (Å²) in [5.74, 6) is 0. The van der Waals surface area contributed by atoms with Gasteiger partial charge in [0.1, 0.15) is 5.15 Å². The van der Waals surface area contributed by atoms with E-state index < -0.39 is 5.60 Å². The molecule has 3 aromatic rings. The van der Waals surface area contributed by atoms with Gasteiger partial charge < -0.3 is 5.11 Å². The minimum Gasteiger partial charge on any atom is -0.385 e. The van der Waals surface area contributed by atoms with Crippen LogP contribution >= 0.6 is 11.6 Å². The Kier molecular flexibility index (Phi) is 9.09. The smallest absolute Gasteiger partial charge is 0.135 e. The van der Waals surface area contributed by atoms with Crippen molar-refractivity contribution in [1.29, 1.82) is 0 Å². The predicted octanol–water partition coefficient (Wildman–Crippen LogP) is 6.42. The van der Waals surface area contributed by atoms with Crippen molar-refractivity contribution in [3.63, 3.8) is 0 Å². The van der Waals surface area contributed by atoms with E-state index in [0.29, 0.717) is 18.0 Å². The quantitative estimate of drug-likeness (QED) is 0.504. The fourth-order valence-corrected chi connectivity index (χ4v) is 3.93. The van der Waals surface area contributed by atoms with Crippen LogP contribution in [0, 0.1) is 0 Å². The lowest BCUT2D eigenvalue weighted by Gasteiger charge is -2.38. The van der Waals surface area contributed by atoms with E-state index in [2.05, 4.69) is 34.1 Å². The number of likely N-dealkylation sites (tertiary alicyclic amines) is 1. The Balaban J connectivity index is 0.000000707. The summed E-state index contributed by atoms with van der Waals surface area (Å²) in [6.07, 6.45) is 1.33. The first-order valence-corrected chi connectivity index (χ1v) is 11.1. The van der Waals surface area contributed by atoms with Crippen molar-refractivity contribution in [3.05, 3.63) is 76.9 Å². The van der Waals surface area contributed by atoms with Gasteiger partial charge in [-0.25, -0.2) is 4.98 Å². The zero-order valence-corrected chi connectivity index (χ0v) is 18.8. The highest BCUT2D eigenvalue weighted by Crippen LogP contribution is 2.37. The second-order valence-corrected chi connectivity index (χ2v) is 7.17. The zero-order chi connectivity index (χ0) is 21.3. The van der Waals surface area contributed by atoms with Crippen LogP contribution in [0.4, 0.5) is 0 Å². The van der Waals surface area contributed by atoms with E-state index in [-0.39, 0.29) is 0 Å². The molecule has 0 unspecified atom stereocenters. The lowest BCUT2D eigenvalue weighted by atomic mass is 9.84. The maximum absolute atomic E-state index is 11.2. The molecule has 1 saturated heterocycles. The number of halogens is 1. The number of hydrogen-bond acceptors (Lipinski definition) is 3. The zero-order valence-electron chi connectivity index (χ0n) is 18.0. The third kappa shape index (κ3) is 5.79. The van der Waals surface area contributed by atoms with Crippen LogP contribution in [0.25, 0.3) is 10.9 Å². The standard InChI is InChI=1S/C21H21ClN2O.2C2H6/c22-20-18(14-17-8-4-5-9-19(17)23-20)21(25)10-12-24(13-11-21)15-16-6-2-1-3-7-16;2*1-2/h1-9,14,25H,10-13,15H2;2*1-2H3. The fraction of sp³-hybridized carbons (Fsp3) is 0.400. The first-order valence-electron chi connectivity index (χ1n) is 10.7. The molecular weight excluding hydrogens is 380 g/mol. The molecule has 29 heavy (non-hydrogen) atoms. The number of piperidine rings is 1. The van der Waals surface area contributed by atoms with Gasteiger partial charge >= 0.3 is 0 Å². The molecule has 156 valence electrons. The summed E-state index contributed by atoms with van der Waals surface area (Å²) < 4.78 is 0. The van der Waals surface area contributed by atoms with Gasteiger partial charge in [0.15, 0.2) is 0 Å². The van der Waals surface area contributed by atoms with Gasteiger partial charge in [-0.1, -0.05) is 87.8 Å². The van der Waals surface area contributed by atoms with Crippen molar-refractivity contribution in [1.82, 2.24) is 9.88 Å². The van der Waals surface area contributed by atoms with E-state index in [1.54, 1.807) is 0 Å². The van der Waals surface area contributed by atoms with Gasteiger partial charge in [0.25, 0.3) is 0 Å². The number of hydrogen-bond donors (Lipinski definition) is 1. The van der Waals surface area contributed by atoms with Gasteiger partial charge in [-0.3, -0.25) is 4.90 Å². The van der Waals surface area contributed by atoms with Gasteiger partial charge in [-0.05, 0) is 30.5 Å². The largest absolute Gasteiger partial charge is 0.385 e. The second kappa shape index (κ2) is 11.3. The molecule has 1 aliphatic heterocycles. The highest BCUT2D eigenvalue weighted by atomic mass is 35.5. The van der Waals surface area contributed by atoms with Crippen LogP contribution in [-0.4, -0.2) is 28.1 Å². The number of benzene rings is 2. The minimum absolute atomic E-state index is 0.415. The van der Waals surface area contributed by atoms with Crippen LogP contribution in [0.5, 0.6) is 0 Å². The normalized spacial score (nSPS) is 15.7. The van der Waals surface area contributed by atoms with Crippen molar-refractivity contribution < 1.29 is 5.11 Å². The average Bonchev–Trinajstić information content (AvgIpc) is 2.78. The molecular formula is C25H33ClN2O. The molecule has 2 aromatic carbocycles. The van der Waals surface area contributed by atoms with Crippen LogP contribution in [-0.2, 0) is 12.1 Å². The van der Waals surface area contributed by atoms with E-state index >= 15 is 0 Å². The molecule has 0 radical (unpaired) electrons. The molecule has 1 fully saturated rings. The molecule has 1 N–H and O–H groups in total. The van der Waals surface area contributed by atoms with E-state index in [4.69, 9.17) is 11.6 Å². The Morgan fingerprint density at radius 2 is 1.52 bits per heavy atom. The third-order valence-electron chi connectivity index (χ3n) is 5.11. The molecule has 4 rings (SSSR count). The summed E-state index contributed by atoms with van der Waals surface area (Å²) >= 11 is 6.41. The Morgan fingerprint density at radius 1 is 0.931 bits per heavy atom. The topological polar surface area (TPSA) is 36.4 Å². The van der Waals surface area contributed by atoms with Crippen molar-refractivity contribution in [2.75, 3.05) is 13.1 Å². The van der Waals surface area contributed by atoms with Crippen molar-refractivity contribution >= 4 is 22.5 Å². The molecule has 2 heterocycles. The Hall–Kier alpha value is -1.94. The second-order valence-electron chi connectivity index (χ2n) is 6.81. The Morgan fingerprint density at radius 3 is 2.17 bits per heavy atom. The molecule has 0 atom stereocenters. The van der Waals surface area contributed by atoms with Gasteiger partial charge in [-0.15, -0.1) is 0 Å². The van der Waals surface area contributed by atoms with E-state index in [1.807, 2.05) is 64.1 Å². The molecule has 0 saturated carbocycles. The number of rotatable bonds is 3. The summed E-state index contributed by atoms with van der Waals surface area (Å²) in [4.78, 5) is 6.86. The Bertz CT molecular complexity index is 874. The van der Waals surface area contributed by atoms with Gasteiger partial charge in [0.2, 0.25) is 0 Å². The van der Waals surface area contributed by atoms with E-state index in [1.165, 1.54) is 5.56 Å². The van der Waals surface area contributed by atoms with Crippen LogP contribution < -0.4 is 0 Å². The maximum Gasteiger partial charge on any atom is 0.135 e. The van der Waals surface area contributed by atoms with Crippen LogP contribution in [0.15, 0.2) is 60.7 Å². The van der Waals surface area contributed by atoms with E-state index in [9.17, 15) is 5.11 Å². The number of nitrogens with zero attached hydrogens (tertiary/aromatic N) is 2. The highest BCUT2D eigenvalue weighted by Gasteiger charge is 2.36. The number of fused-ring (bicyclic) bond motifs is 1. The number of para-hydroxylation sites is 1. The summed E-state index contributed by atoms with van der Waals surface area (Å²) in [6, 6.07) is 20.3. The van der Waals surface area contributed by atoms with Crippen LogP contribution in [0.2, 0.25) is 5.15 Å². The van der Waals surface area contributed by atoms with Crippen LogP contribution in [0.3, 0.4) is 0 Å². The van der Waals surface area contributed by atoms with E-state index in [0.717, 1.165) is 36.1 Å². The highest BCUT2D eigenvalue weighted by molar-refractivity contribution is 6.30. The number of aliphatic hydroxyl groups is 1. The van der Waals surface area contributed by atoms with Crippen LogP contribution in [0.1, 0.15) is 51.7 Å². The third-order valence-corrected chi connectivity index (χ3v) is 5.40. The van der Waals surface area contributed by atoms with Gasteiger partial charge in [-0.2, -0.15) is 0 Å². The molecule has 0 bridgehead atoms. The molecule has 1 aromatic heterocycles. The number of aromatic nitrogens is 1. The monoisotopic (exact) mass is 412 g/mol. The minimum atomic E-state index is -0.901. The molecule has 1 aliphatic rings. The van der Waals surface area contributed by atoms with Gasteiger partial charge in [0, 0.05) is 30.6 Å². The summed E-state index contributed by atoms with van der Waals surface area (Å²) in [7, 11) is 0. The van der Waals surface area contributed by atoms with Crippen molar-refractivity contribution in [2.24, 2.45) is 0 Å². The summed E-state index contributed by atoms with van der Waals surface area (Å²) in [5, 5.41) is 12.6. The predicted molar refractivity (Wildman–Crippen MR) is 124 cm³/mol. The van der Waals surface area contributed by atoms with Crippen molar-refractivity contribution in [2.45, 2.75) is 52.7 Å². The lowest BCUT2D eigenvalue weighted by Crippen LogP contribution is -2.42. The molecule has 0 spiro atoms. The van der Waals surface area contributed by atoms with Crippen molar-refractivity contribution in [3.8, 4) is 0 Å². The first kappa shape index (κ1) is 23.3. The Labute approximate surface area is 180 Å². The maximum atomic E-state index is 11.2. The SMILES string of the molecule is CC.CC.OC1(c2cc3ccccc3nc2Cl)CCN(Cc2ccccc2)CC1. The first-order chi connectivity index (χ1) is 14.1. The summed E-state index contributed by atoms with van der Waals surface area (Å²) in [5.41, 5.74) is 2.02. The number of pyridine rings is 1. The summed E-state index contributed by atoms with van der Waals surface area (Å²) in [6.45, 7) is 10.6.